The van der Waals surface area contributed by atoms with Crippen LogP contribution in [0.3, 0.4) is 0 Å². The molecule has 2 fully saturated rings. The Labute approximate surface area is 222 Å². The first kappa shape index (κ1) is 28.6. The van der Waals surface area contributed by atoms with Gasteiger partial charge in [0.05, 0.1) is 19.3 Å². The fourth-order valence-corrected chi connectivity index (χ4v) is 5.73. The summed E-state index contributed by atoms with van der Waals surface area (Å²) in [4.78, 5) is 15.0. The van der Waals surface area contributed by atoms with Crippen molar-refractivity contribution < 1.29 is 33.3 Å². The van der Waals surface area contributed by atoms with Gasteiger partial charge in [-0.2, -0.15) is 0 Å². The summed E-state index contributed by atoms with van der Waals surface area (Å²) < 4.78 is 40.7. The molecule has 5 unspecified atom stereocenters. The Morgan fingerprint density at radius 1 is 1.21 bits per heavy atom. The number of hydrogen-bond acceptors (Lipinski definition) is 6. The van der Waals surface area contributed by atoms with Crippen LogP contribution in [0.2, 0.25) is 0 Å². The summed E-state index contributed by atoms with van der Waals surface area (Å²) >= 11 is 0. The van der Waals surface area contributed by atoms with E-state index in [1.807, 2.05) is 0 Å². The van der Waals surface area contributed by atoms with Crippen molar-refractivity contribution in [2.24, 2.45) is 11.7 Å². The van der Waals surface area contributed by atoms with Crippen LogP contribution in [0.25, 0.3) is 11.1 Å². The van der Waals surface area contributed by atoms with E-state index in [1.54, 1.807) is 31.1 Å². The Bertz CT molecular complexity index is 1120. The van der Waals surface area contributed by atoms with Crippen molar-refractivity contribution in [3.8, 4) is 11.1 Å². The van der Waals surface area contributed by atoms with Crippen LogP contribution < -0.4 is 5.73 Å². The minimum Gasteiger partial charge on any atom is -0.391 e. The number of aryl methyl sites for hydroxylation is 1. The van der Waals surface area contributed by atoms with Crippen molar-refractivity contribution in [3.05, 3.63) is 59.2 Å². The lowest BCUT2D eigenvalue weighted by molar-refractivity contribution is -0.167. The van der Waals surface area contributed by atoms with E-state index in [0.717, 1.165) is 0 Å². The van der Waals surface area contributed by atoms with E-state index in [0.29, 0.717) is 55.5 Å². The molecule has 4 rings (SSSR count). The smallest absolute Gasteiger partial charge is 0.226 e. The summed E-state index contributed by atoms with van der Waals surface area (Å²) in [6, 6.07) is 8.44. The van der Waals surface area contributed by atoms with Crippen molar-refractivity contribution >= 4 is 5.91 Å². The molecule has 1 amide bonds. The number of halogens is 2. The minimum absolute atomic E-state index is 0.111. The molecule has 1 heterocycles. The maximum absolute atomic E-state index is 15.4. The fraction of sp³-hybridized carbons (Fsp3) is 0.552. The van der Waals surface area contributed by atoms with Crippen LogP contribution in [0.15, 0.2) is 36.4 Å². The van der Waals surface area contributed by atoms with Crippen LogP contribution in [-0.2, 0) is 19.9 Å². The van der Waals surface area contributed by atoms with Gasteiger partial charge >= 0.3 is 0 Å². The monoisotopic (exact) mass is 532 g/mol. The lowest BCUT2D eigenvalue weighted by atomic mass is 9.78. The number of ether oxygens (including phenoxy) is 2. The van der Waals surface area contributed by atoms with E-state index >= 15 is 4.39 Å². The van der Waals surface area contributed by atoms with Crippen molar-refractivity contribution in [2.75, 3.05) is 33.4 Å². The molecule has 38 heavy (non-hydrogen) atoms. The predicted molar refractivity (Wildman–Crippen MR) is 139 cm³/mol. The third kappa shape index (κ3) is 5.92. The predicted octanol–water partition coefficient (Wildman–Crippen LogP) is 3.27. The number of rotatable bonds is 9. The number of unbranched alkanes of at least 4 members (excludes halogenated alkanes) is 1. The molecule has 208 valence electrons. The van der Waals surface area contributed by atoms with Gasteiger partial charge in [0.15, 0.2) is 0 Å². The van der Waals surface area contributed by atoms with Crippen molar-refractivity contribution in [2.45, 2.75) is 62.9 Å². The zero-order valence-electron chi connectivity index (χ0n) is 22.0. The number of aliphatic hydroxyl groups is 2. The van der Waals surface area contributed by atoms with Gasteiger partial charge in [-0.3, -0.25) is 4.79 Å². The number of carbonyl (C=O) groups is 1. The number of aliphatic hydroxyl groups excluding tert-OH is 1. The lowest BCUT2D eigenvalue weighted by Crippen LogP contribution is -2.55. The molecule has 9 heteroatoms. The molecule has 0 aromatic heterocycles. The molecule has 0 spiro atoms. The van der Waals surface area contributed by atoms with Gasteiger partial charge in [0.25, 0.3) is 0 Å². The highest BCUT2D eigenvalue weighted by molar-refractivity contribution is 5.79. The van der Waals surface area contributed by atoms with Gasteiger partial charge in [0, 0.05) is 37.8 Å². The summed E-state index contributed by atoms with van der Waals surface area (Å²) in [5.74, 6) is -1.45. The molecule has 5 atom stereocenters. The number of amides is 1. The number of nitrogens with two attached hydrogens (primary N) is 1. The van der Waals surface area contributed by atoms with E-state index in [1.165, 1.54) is 24.3 Å². The van der Waals surface area contributed by atoms with E-state index in [-0.39, 0.29) is 37.0 Å². The first-order chi connectivity index (χ1) is 18.2. The van der Waals surface area contributed by atoms with E-state index in [2.05, 4.69) is 0 Å². The zero-order chi connectivity index (χ0) is 27.4. The van der Waals surface area contributed by atoms with Gasteiger partial charge in [0.2, 0.25) is 5.91 Å². The normalized spacial score (nSPS) is 25.4. The van der Waals surface area contributed by atoms with Crippen molar-refractivity contribution in [1.82, 2.24) is 4.90 Å². The van der Waals surface area contributed by atoms with Gasteiger partial charge in [-0.1, -0.05) is 18.2 Å². The quantitative estimate of drug-likeness (QED) is 0.428. The third-order valence-corrected chi connectivity index (χ3v) is 7.92. The van der Waals surface area contributed by atoms with Crippen LogP contribution in [0, 0.1) is 24.5 Å². The second-order valence-electron chi connectivity index (χ2n) is 10.5. The molecule has 2 aromatic carbocycles. The fourth-order valence-electron chi connectivity index (χ4n) is 5.73. The van der Waals surface area contributed by atoms with Crippen molar-refractivity contribution in [3.63, 3.8) is 0 Å². The summed E-state index contributed by atoms with van der Waals surface area (Å²) in [7, 11) is 1.60. The first-order valence-electron chi connectivity index (χ1n) is 13.3. The van der Waals surface area contributed by atoms with E-state index in [4.69, 9.17) is 15.2 Å². The maximum atomic E-state index is 15.4. The molecule has 0 radical (unpaired) electrons. The molecule has 1 saturated carbocycles. The SMILES string of the molecule is COCCCCC(O)(c1cccc(F)c1-c1ccc(F)c(C)c1)C1CN(C(=O)C2CC(N)C(O)C2)CCO1. The van der Waals surface area contributed by atoms with E-state index < -0.39 is 35.5 Å². The summed E-state index contributed by atoms with van der Waals surface area (Å²) in [5, 5.41) is 22.4. The number of benzene rings is 2. The number of methoxy groups -OCH3 is 1. The number of nitrogens with zero attached hydrogens (tertiary/aromatic N) is 1. The topological polar surface area (TPSA) is 105 Å². The second kappa shape index (κ2) is 12.2. The first-order valence-corrected chi connectivity index (χ1v) is 13.3. The molecule has 2 aromatic rings. The lowest BCUT2D eigenvalue weighted by Gasteiger charge is -2.43. The Balaban J connectivity index is 1.69. The van der Waals surface area contributed by atoms with Crippen LogP contribution in [0.1, 0.15) is 43.2 Å². The summed E-state index contributed by atoms with van der Waals surface area (Å²) in [6.45, 7) is 2.78. The Morgan fingerprint density at radius 3 is 2.68 bits per heavy atom. The van der Waals surface area contributed by atoms with Crippen LogP contribution in [-0.4, -0.2) is 72.7 Å². The third-order valence-electron chi connectivity index (χ3n) is 7.92. The van der Waals surface area contributed by atoms with Crippen molar-refractivity contribution in [1.29, 1.82) is 0 Å². The Kier molecular flexibility index (Phi) is 9.15. The highest BCUT2D eigenvalue weighted by Crippen LogP contribution is 2.42. The number of carbonyl (C=O) groups excluding carboxylic acids is 1. The number of morpholine rings is 1. The molecule has 1 saturated heterocycles. The molecule has 2 aliphatic rings. The van der Waals surface area contributed by atoms with Crippen LogP contribution >= 0.6 is 0 Å². The van der Waals surface area contributed by atoms with Gasteiger partial charge in [-0.05, 0) is 73.9 Å². The van der Waals surface area contributed by atoms with Crippen LogP contribution in [0.4, 0.5) is 8.78 Å². The van der Waals surface area contributed by atoms with Gasteiger partial charge in [-0.25, -0.2) is 8.78 Å². The van der Waals surface area contributed by atoms with Gasteiger partial charge in [-0.15, -0.1) is 0 Å². The molecule has 0 bridgehead atoms. The minimum atomic E-state index is -1.64. The summed E-state index contributed by atoms with van der Waals surface area (Å²) in [6.07, 6.45) is 0.652. The molecule has 7 nitrogen and oxygen atoms in total. The Morgan fingerprint density at radius 2 is 2.00 bits per heavy atom. The molecule has 1 aliphatic carbocycles. The standard InChI is InChI=1S/C29H38F2N2O5/c1-18-14-19(8-9-22(18)30)27-21(6-5-7-23(27)31)29(36,10-3-4-12-37-2)26-17-33(11-13-38-26)28(35)20-15-24(32)25(34)16-20/h5-9,14,20,24-26,34,36H,3-4,10-13,15-17,32H2,1-2H3. The molecular weight excluding hydrogens is 494 g/mol. The molecular formula is C29H38F2N2O5. The number of hydrogen-bond donors (Lipinski definition) is 3. The largest absolute Gasteiger partial charge is 0.391 e. The summed E-state index contributed by atoms with van der Waals surface area (Å²) in [5.41, 5.74) is 5.63. The zero-order valence-corrected chi connectivity index (χ0v) is 22.0. The van der Waals surface area contributed by atoms with E-state index in [9.17, 15) is 19.4 Å². The second-order valence-corrected chi connectivity index (χ2v) is 10.5. The average Bonchev–Trinajstić information content (AvgIpc) is 3.25. The van der Waals surface area contributed by atoms with Crippen LogP contribution in [0.5, 0.6) is 0 Å². The highest BCUT2D eigenvalue weighted by atomic mass is 19.1. The molecule has 4 N–H and O–H groups in total. The Hall–Kier alpha value is -2.43. The maximum Gasteiger partial charge on any atom is 0.226 e. The molecule has 1 aliphatic heterocycles. The average molecular weight is 533 g/mol. The highest BCUT2D eigenvalue weighted by Gasteiger charge is 2.46. The van der Waals surface area contributed by atoms with Gasteiger partial charge < -0.3 is 30.3 Å². The van der Waals surface area contributed by atoms with Gasteiger partial charge in [0.1, 0.15) is 23.3 Å².